The zero-order valence-corrected chi connectivity index (χ0v) is 6.45. The van der Waals surface area contributed by atoms with Crippen LogP contribution in [0, 0.1) is 11.3 Å². The van der Waals surface area contributed by atoms with Crippen LogP contribution in [-0.2, 0) is 4.74 Å². The zero-order chi connectivity index (χ0) is 8.27. The molecule has 4 nitrogen and oxygen atoms in total. The van der Waals surface area contributed by atoms with Crippen LogP contribution in [-0.4, -0.2) is 36.5 Å². The first kappa shape index (κ1) is 8.47. The second-order valence-electron chi connectivity index (χ2n) is 2.73. The number of rotatable bonds is 2. The Morgan fingerprint density at radius 2 is 2.45 bits per heavy atom. The van der Waals surface area contributed by atoms with Crippen LogP contribution in [0.15, 0.2) is 0 Å². The molecule has 0 saturated carbocycles. The summed E-state index contributed by atoms with van der Waals surface area (Å²) in [4.78, 5) is 0. The Labute approximate surface area is 65.8 Å². The number of nitrogens with one attached hydrogen (secondary N) is 1. The highest BCUT2D eigenvalue weighted by molar-refractivity contribution is 4.91. The van der Waals surface area contributed by atoms with Crippen LogP contribution >= 0.6 is 0 Å². The molecule has 0 aliphatic carbocycles. The molecule has 0 bridgehead atoms. The van der Waals surface area contributed by atoms with Crippen LogP contribution in [0.2, 0.25) is 0 Å². The first-order valence-electron chi connectivity index (χ1n) is 3.65. The predicted octanol–water partition coefficient (Wildman–Crippen LogP) is -0.752. The Hall–Kier alpha value is -0.630. The van der Waals surface area contributed by atoms with Gasteiger partial charge in [0.1, 0.15) is 0 Å². The van der Waals surface area contributed by atoms with Gasteiger partial charge in [-0.05, 0) is 6.92 Å². The van der Waals surface area contributed by atoms with Crippen LogP contribution in [0.5, 0.6) is 0 Å². The van der Waals surface area contributed by atoms with Crippen LogP contribution in [0.3, 0.4) is 0 Å². The molecule has 2 N–H and O–H groups in total. The highest BCUT2D eigenvalue weighted by Crippen LogP contribution is 2.05. The summed E-state index contributed by atoms with van der Waals surface area (Å²) in [5.74, 6) is 0. The molecule has 1 aliphatic heterocycles. The maximum Gasteiger partial charge on any atom is 0.0949 e. The van der Waals surface area contributed by atoms with Gasteiger partial charge in [0.25, 0.3) is 0 Å². The van der Waals surface area contributed by atoms with Gasteiger partial charge in [0, 0.05) is 0 Å². The summed E-state index contributed by atoms with van der Waals surface area (Å²) in [6.07, 6.45) is -0.467. The van der Waals surface area contributed by atoms with Crippen molar-refractivity contribution in [3.05, 3.63) is 0 Å². The van der Waals surface area contributed by atoms with E-state index in [1.165, 1.54) is 0 Å². The van der Waals surface area contributed by atoms with Gasteiger partial charge in [-0.1, -0.05) is 0 Å². The van der Waals surface area contributed by atoms with Crippen molar-refractivity contribution in [1.29, 1.82) is 5.26 Å². The summed E-state index contributed by atoms with van der Waals surface area (Å²) in [6, 6.07) is 1.73. The van der Waals surface area contributed by atoms with Crippen molar-refractivity contribution >= 4 is 0 Å². The molecular formula is C7H12N2O2. The minimum absolute atomic E-state index is 0.0790. The summed E-state index contributed by atoms with van der Waals surface area (Å²) < 4.78 is 4.99. The largest absolute Gasteiger partial charge is 0.389 e. The number of hydrogen-bond donors (Lipinski definition) is 2. The van der Waals surface area contributed by atoms with Gasteiger partial charge in [0.15, 0.2) is 0 Å². The molecule has 0 amide bonds. The second kappa shape index (κ2) is 3.67. The smallest absolute Gasteiger partial charge is 0.0949 e. The molecule has 0 aromatic heterocycles. The van der Waals surface area contributed by atoms with Crippen molar-refractivity contribution < 1.29 is 9.84 Å². The minimum atomic E-state index is -0.467. The van der Waals surface area contributed by atoms with Crippen molar-refractivity contribution in [2.45, 2.75) is 25.1 Å². The fourth-order valence-corrected chi connectivity index (χ4v) is 1.06. The van der Waals surface area contributed by atoms with Gasteiger partial charge in [-0.3, -0.25) is 5.32 Å². The van der Waals surface area contributed by atoms with Crippen LogP contribution < -0.4 is 5.32 Å². The Morgan fingerprint density at radius 3 is 2.91 bits per heavy atom. The maximum absolute atomic E-state index is 9.24. The van der Waals surface area contributed by atoms with E-state index in [2.05, 4.69) is 5.32 Å². The molecule has 1 saturated heterocycles. The van der Waals surface area contributed by atoms with E-state index in [1.807, 2.05) is 6.07 Å². The molecule has 4 heteroatoms. The first-order valence-corrected chi connectivity index (χ1v) is 3.65. The standard InChI is InChI=1S/C7H12N2O2/c1-5(2-8)9-6-3-11-4-7(6)10/h5-7,9-10H,3-4H2,1H3. The summed E-state index contributed by atoms with van der Waals surface area (Å²) in [6.45, 7) is 2.62. The molecule has 0 aromatic rings. The van der Waals surface area contributed by atoms with Gasteiger partial charge in [-0.2, -0.15) is 5.26 Å². The fraction of sp³-hybridized carbons (Fsp3) is 0.857. The van der Waals surface area contributed by atoms with Gasteiger partial charge >= 0.3 is 0 Å². The summed E-state index contributed by atoms with van der Waals surface area (Å²) in [5, 5.41) is 20.6. The van der Waals surface area contributed by atoms with Crippen molar-refractivity contribution in [2.75, 3.05) is 13.2 Å². The van der Waals surface area contributed by atoms with Crippen molar-refractivity contribution in [3.63, 3.8) is 0 Å². The van der Waals surface area contributed by atoms with Crippen molar-refractivity contribution in [3.8, 4) is 6.07 Å². The molecule has 0 spiro atoms. The number of nitriles is 1. The quantitative estimate of drug-likeness (QED) is 0.552. The third-order valence-electron chi connectivity index (χ3n) is 1.71. The van der Waals surface area contributed by atoms with E-state index < -0.39 is 6.10 Å². The van der Waals surface area contributed by atoms with Crippen LogP contribution in [0.25, 0.3) is 0 Å². The van der Waals surface area contributed by atoms with E-state index in [1.54, 1.807) is 6.92 Å². The van der Waals surface area contributed by atoms with Gasteiger partial charge in [0.2, 0.25) is 0 Å². The maximum atomic E-state index is 9.24. The van der Waals surface area contributed by atoms with E-state index in [0.717, 1.165) is 0 Å². The number of nitrogens with zero attached hydrogens (tertiary/aromatic N) is 1. The average Bonchev–Trinajstić information content (AvgIpc) is 2.37. The first-order chi connectivity index (χ1) is 5.24. The number of hydrogen-bond acceptors (Lipinski definition) is 4. The lowest BCUT2D eigenvalue weighted by molar-refractivity contribution is 0.122. The molecule has 1 rings (SSSR count). The van der Waals surface area contributed by atoms with Gasteiger partial charge in [-0.25, -0.2) is 0 Å². The normalized spacial score (nSPS) is 33.2. The molecule has 3 atom stereocenters. The van der Waals surface area contributed by atoms with Crippen molar-refractivity contribution in [2.24, 2.45) is 0 Å². The number of aliphatic hydroxyl groups excluding tert-OH is 1. The van der Waals surface area contributed by atoms with E-state index >= 15 is 0 Å². The minimum Gasteiger partial charge on any atom is -0.389 e. The lowest BCUT2D eigenvalue weighted by Crippen LogP contribution is -2.43. The molecule has 0 aromatic carbocycles. The summed E-state index contributed by atoms with van der Waals surface area (Å²) >= 11 is 0. The van der Waals surface area contributed by atoms with E-state index in [9.17, 15) is 5.11 Å². The third-order valence-corrected chi connectivity index (χ3v) is 1.71. The zero-order valence-electron chi connectivity index (χ0n) is 6.45. The Bertz CT molecular complexity index is 166. The molecular weight excluding hydrogens is 144 g/mol. The van der Waals surface area contributed by atoms with Gasteiger partial charge in [0.05, 0.1) is 37.5 Å². The van der Waals surface area contributed by atoms with Crippen LogP contribution in [0.4, 0.5) is 0 Å². The number of ether oxygens (including phenoxy) is 1. The molecule has 0 radical (unpaired) electrons. The summed E-state index contributed by atoms with van der Waals surface area (Å²) in [7, 11) is 0. The Balaban J connectivity index is 2.32. The SMILES string of the molecule is CC(C#N)NC1COCC1O. The highest BCUT2D eigenvalue weighted by Gasteiger charge is 2.26. The molecule has 62 valence electrons. The van der Waals surface area contributed by atoms with Crippen molar-refractivity contribution in [1.82, 2.24) is 5.32 Å². The second-order valence-corrected chi connectivity index (χ2v) is 2.73. The van der Waals surface area contributed by atoms with E-state index in [4.69, 9.17) is 10.00 Å². The average molecular weight is 156 g/mol. The lowest BCUT2D eigenvalue weighted by Gasteiger charge is -2.15. The topological polar surface area (TPSA) is 65.3 Å². The Morgan fingerprint density at radius 1 is 1.73 bits per heavy atom. The monoisotopic (exact) mass is 156 g/mol. The predicted molar refractivity (Wildman–Crippen MR) is 38.8 cm³/mol. The summed E-state index contributed by atoms with van der Waals surface area (Å²) in [5.41, 5.74) is 0. The molecule has 1 aliphatic rings. The molecule has 1 heterocycles. The third kappa shape index (κ3) is 2.15. The fourth-order valence-electron chi connectivity index (χ4n) is 1.06. The van der Waals surface area contributed by atoms with Crippen LogP contribution in [0.1, 0.15) is 6.92 Å². The lowest BCUT2D eigenvalue weighted by atomic mass is 10.2. The number of aliphatic hydroxyl groups is 1. The molecule has 11 heavy (non-hydrogen) atoms. The molecule has 1 fully saturated rings. The van der Waals surface area contributed by atoms with Gasteiger partial charge in [-0.15, -0.1) is 0 Å². The van der Waals surface area contributed by atoms with E-state index in [-0.39, 0.29) is 12.1 Å². The van der Waals surface area contributed by atoms with Gasteiger partial charge < -0.3 is 9.84 Å². The Kier molecular flexibility index (Phi) is 2.83. The van der Waals surface area contributed by atoms with E-state index in [0.29, 0.717) is 13.2 Å². The molecule has 3 unspecified atom stereocenters. The highest BCUT2D eigenvalue weighted by atomic mass is 16.5.